The van der Waals surface area contributed by atoms with Crippen LogP contribution in [0.3, 0.4) is 0 Å². The Balaban J connectivity index is 1.98. The summed E-state index contributed by atoms with van der Waals surface area (Å²) in [5.74, 6) is 0. The molecule has 1 saturated heterocycles. The Morgan fingerprint density at radius 1 is 1.60 bits per heavy atom. The number of hydrogen-bond donors (Lipinski definition) is 0. The Morgan fingerprint density at radius 3 is 3.27 bits per heavy atom. The van der Waals surface area contributed by atoms with Crippen molar-refractivity contribution >= 4 is 5.69 Å². The van der Waals surface area contributed by atoms with E-state index in [1.807, 2.05) is 18.5 Å². The Kier molecular flexibility index (Phi) is 3.56. The van der Waals surface area contributed by atoms with E-state index in [9.17, 15) is 0 Å². The van der Waals surface area contributed by atoms with Crippen molar-refractivity contribution in [3.05, 3.63) is 24.5 Å². The van der Waals surface area contributed by atoms with Crippen LogP contribution in [0.15, 0.2) is 24.5 Å². The Bertz CT molecular complexity index is 287. The molecule has 0 aromatic carbocycles. The fourth-order valence-electron chi connectivity index (χ4n) is 2.09. The lowest BCUT2D eigenvalue weighted by Crippen LogP contribution is -2.39. The van der Waals surface area contributed by atoms with Gasteiger partial charge in [-0.3, -0.25) is 4.98 Å². The molecule has 1 aliphatic rings. The normalized spacial score (nSPS) is 21.7. The van der Waals surface area contributed by atoms with Gasteiger partial charge in [0.2, 0.25) is 0 Å². The maximum atomic E-state index is 5.67. The summed E-state index contributed by atoms with van der Waals surface area (Å²) in [7, 11) is 0. The number of rotatable bonds is 3. The summed E-state index contributed by atoms with van der Waals surface area (Å²) in [5, 5.41) is 0. The topological polar surface area (TPSA) is 25.4 Å². The van der Waals surface area contributed by atoms with Crippen LogP contribution in [0.2, 0.25) is 0 Å². The molecule has 3 nitrogen and oxygen atoms in total. The van der Waals surface area contributed by atoms with Crippen LogP contribution in [0.4, 0.5) is 5.69 Å². The molecule has 1 aliphatic heterocycles. The van der Waals surface area contributed by atoms with E-state index in [0.29, 0.717) is 6.10 Å². The molecule has 0 radical (unpaired) electrons. The quantitative estimate of drug-likeness (QED) is 0.757. The monoisotopic (exact) mass is 206 g/mol. The SMILES string of the molecule is CCOC1CCCN(c2cccnc2)C1. The summed E-state index contributed by atoms with van der Waals surface area (Å²) in [6.07, 6.45) is 6.52. The van der Waals surface area contributed by atoms with Gasteiger partial charge >= 0.3 is 0 Å². The molecule has 2 heterocycles. The van der Waals surface area contributed by atoms with Gasteiger partial charge < -0.3 is 9.64 Å². The first-order valence-electron chi connectivity index (χ1n) is 5.66. The van der Waals surface area contributed by atoms with Gasteiger partial charge in [0, 0.05) is 25.9 Å². The van der Waals surface area contributed by atoms with Gasteiger partial charge in [-0.05, 0) is 31.9 Å². The zero-order valence-corrected chi connectivity index (χ0v) is 9.22. The number of ether oxygens (including phenoxy) is 1. The summed E-state index contributed by atoms with van der Waals surface area (Å²) in [4.78, 5) is 6.51. The van der Waals surface area contributed by atoms with Crippen LogP contribution in [0.1, 0.15) is 19.8 Å². The highest BCUT2D eigenvalue weighted by atomic mass is 16.5. The van der Waals surface area contributed by atoms with Crippen molar-refractivity contribution in [2.24, 2.45) is 0 Å². The molecular formula is C12H18N2O. The lowest BCUT2D eigenvalue weighted by molar-refractivity contribution is 0.0526. The van der Waals surface area contributed by atoms with Crippen LogP contribution in [0.25, 0.3) is 0 Å². The van der Waals surface area contributed by atoms with Crippen molar-refractivity contribution in [2.45, 2.75) is 25.9 Å². The number of nitrogens with zero attached hydrogens (tertiary/aromatic N) is 2. The molecular weight excluding hydrogens is 188 g/mol. The van der Waals surface area contributed by atoms with Gasteiger partial charge in [0.15, 0.2) is 0 Å². The molecule has 1 aromatic heterocycles. The Hall–Kier alpha value is -1.09. The minimum atomic E-state index is 0.393. The van der Waals surface area contributed by atoms with Crippen LogP contribution in [0, 0.1) is 0 Å². The number of piperidine rings is 1. The highest BCUT2D eigenvalue weighted by Crippen LogP contribution is 2.19. The number of pyridine rings is 1. The van der Waals surface area contributed by atoms with Crippen LogP contribution in [0.5, 0.6) is 0 Å². The third kappa shape index (κ3) is 2.69. The molecule has 0 N–H and O–H groups in total. The maximum absolute atomic E-state index is 5.67. The van der Waals surface area contributed by atoms with Crippen LogP contribution >= 0.6 is 0 Å². The number of hydrogen-bond acceptors (Lipinski definition) is 3. The Labute approximate surface area is 91.1 Å². The van der Waals surface area contributed by atoms with E-state index >= 15 is 0 Å². The third-order valence-corrected chi connectivity index (χ3v) is 2.79. The van der Waals surface area contributed by atoms with E-state index in [1.54, 1.807) is 0 Å². The van der Waals surface area contributed by atoms with Crippen LogP contribution < -0.4 is 4.90 Å². The molecule has 2 rings (SSSR count). The summed E-state index contributed by atoms with van der Waals surface area (Å²) in [6.45, 7) is 4.99. The number of aromatic nitrogens is 1. The molecule has 0 aliphatic carbocycles. The lowest BCUT2D eigenvalue weighted by atomic mass is 10.1. The molecule has 0 amide bonds. The maximum Gasteiger partial charge on any atom is 0.0750 e. The van der Waals surface area contributed by atoms with Crippen molar-refractivity contribution < 1.29 is 4.74 Å². The Morgan fingerprint density at radius 2 is 2.53 bits per heavy atom. The smallest absolute Gasteiger partial charge is 0.0750 e. The van der Waals surface area contributed by atoms with Gasteiger partial charge in [0.05, 0.1) is 18.0 Å². The first kappa shape index (κ1) is 10.4. The first-order chi connectivity index (χ1) is 7.40. The fraction of sp³-hybridized carbons (Fsp3) is 0.583. The zero-order valence-electron chi connectivity index (χ0n) is 9.22. The fourth-order valence-corrected chi connectivity index (χ4v) is 2.09. The molecule has 0 bridgehead atoms. The predicted molar refractivity (Wildman–Crippen MR) is 61.1 cm³/mol. The predicted octanol–water partition coefficient (Wildman–Crippen LogP) is 2.09. The van der Waals surface area contributed by atoms with Crippen molar-refractivity contribution in [1.82, 2.24) is 4.98 Å². The standard InChI is InChI=1S/C12H18N2O/c1-2-15-12-6-4-8-14(10-12)11-5-3-7-13-9-11/h3,5,7,9,12H,2,4,6,8,10H2,1H3. The van der Waals surface area contributed by atoms with E-state index < -0.39 is 0 Å². The van der Waals surface area contributed by atoms with Gasteiger partial charge in [-0.2, -0.15) is 0 Å². The van der Waals surface area contributed by atoms with Gasteiger partial charge in [-0.15, -0.1) is 0 Å². The molecule has 1 unspecified atom stereocenters. The van der Waals surface area contributed by atoms with E-state index in [2.05, 4.69) is 22.9 Å². The van der Waals surface area contributed by atoms with Crippen molar-refractivity contribution in [3.63, 3.8) is 0 Å². The van der Waals surface area contributed by atoms with E-state index in [0.717, 1.165) is 19.7 Å². The van der Waals surface area contributed by atoms with Crippen molar-refractivity contribution in [2.75, 3.05) is 24.6 Å². The highest BCUT2D eigenvalue weighted by Gasteiger charge is 2.19. The molecule has 0 saturated carbocycles. The second kappa shape index (κ2) is 5.12. The van der Waals surface area contributed by atoms with Gasteiger partial charge in [-0.1, -0.05) is 0 Å². The molecule has 3 heteroatoms. The third-order valence-electron chi connectivity index (χ3n) is 2.79. The average Bonchev–Trinajstić information content (AvgIpc) is 2.31. The minimum Gasteiger partial charge on any atom is -0.377 e. The molecule has 0 spiro atoms. The van der Waals surface area contributed by atoms with Crippen LogP contribution in [-0.2, 0) is 4.74 Å². The minimum absolute atomic E-state index is 0.393. The summed E-state index contributed by atoms with van der Waals surface area (Å²) in [5.41, 5.74) is 1.21. The molecule has 15 heavy (non-hydrogen) atoms. The first-order valence-corrected chi connectivity index (χ1v) is 5.66. The number of anilines is 1. The van der Waals surface area contributed by atoms with E-state index in [1.165, 1.54) is 18.5 Å². The summed E-state index contributed by atoms with van der Waals surface area (Å²) >= 11 is 0. The highest BCUT2D eigenvalue weighted by molar-refractivity contribution is 5.44. The summed E-state index contributed by atoms with van der Waals surface area (Å²) < 4.78 is 5.67. The second-order valence-corrected chi connectivity index (χ2v) is 3.88. The van der Waals surface area contributed by atoms with Crippen molar-refractivity contribution in [3.8, 4) is 0 Å². The largest absolute Gasteiger partial charge is 0.377 e. The van der Waals surface area contributed by atoms with Crippen LogP contribution in [-0.4, -0.2) is 30.8 Å². The van der Waals surface area contributed by atoms with Crippen molar-refractivity contribution in [1.29, 1.82) is 0 Å². The van der Waals surface area contributed by atoms with Gasteiger partial charge in [-0.25, -0.2) is 0 Å². The average molecular weight is 206 g/mol. The second-order valence-electron chi connectivity index (χ2n) is 3.88. The lowest BCUT2D eigenvalue weighted by Gasteiger charge is -2.33. The molecule has 1 atom stereocenters. The van der Waals surface area contributed by atoms with Gasteiger partial charge in [0.1, 0.15) is 0 Å². The molecule has 1 aromatic rings. The molecule has 1 fully saturated rings. The van der Waals surface area contributed by atoms with E-state index in [4.69, 9.17) is 4.74 Å². The molecule has 82 valence electrons. The van der Waals surface area contributed by atoms with E-state index in [-0.39, 0.29) is 0 Å². The zero-order chi connectivity index (χ0) is 10.5. The van der Waals surface area contributed by atoms with Gasteiger partial charge in [0.25, 0.3) is 0 Å². The summed E-state index contributed by atoms with van der Waals surface area (Å²) in [6, 6.07) is 4.10.